The molecule has 3 heteroatoms. The molecule has 0 unspecified atom stereocenters. The fourth-order valence-corrected chi connectivity index (χ4v) is 2.86. The van der Waals surface area contributed by atoms with Gasteiger partial charge in [0, 0.05) is 17.0 Å². The predicted molar refractivity (Wildman–Crippen MR) is 77.4 cm³/mol. The fourth-order valence-electron chi connectivity index (χ4n) is 2.46. The zero-order chi connectivity index (χ0) is 12.4. The average Bonchev–Trinajstić information content (AvgIpc) is 2.38. The third-order valence-corrected chi connectivity index (χ3v) is 4.56. The van der Waals surface area contributed by atoms with Gasteiger partial charge >= 0.3 is 0 Å². The third-order valence-electron chi connectivity index (χ3n) is 3.89. The molecule has 0 spiro atoms. The Kier molecular flexibility index (Phi) is 3.16. The lowest BCUT2D eigenvalue weighted by molar-refractivity contribution is 0.0838. The molecule has 2 aromatic rings. The van der Waals surface area contributed by atoms with Crippen molar-refractivity contribution in [3.63, 3.8) is 0 Å². The Morgan fingerprint density at radius 3 is 2.83 bits per heavy atom. The molecular weight excluding hydrogens is 242 g/mol. The molecule has 1 aromatic heterocycles. The number of rotatable bonds is 4. The lowest BCUT2D eigenvalue weighted by atomic mass is 9.71. The molecule has 0 amide bonds. The van der Waals surface area contributed by atoms with Gasteiger partial charge in [-0.3, -0.25) is 4.98 Å². The molecule has 3 rings (SSSR count). The van der Waals surface area contributed by atoms with Crippen LogP contribution in [0.25, 0.3) is 10.9 Å². The summed E-state index contributed by atoms with van der Waals surface area (Å²) in [5.41, 5.74) is 1.29. The first kappa shape index (κ1) is 11.8. The van der Waals surface area contributed by atoms with E-state index in [0.717, 1.165) is 29.0 Å². The number of nitrogens with zero attached hydrogens (tertiary/aromatic N) is 1. The van der Waals surface area contributed by atoms with Gasteiger partial charge in [0.25, 0.3) is 0 Å². The highest BCUT2D eigenvalue weighted by Gasteiger charge is 2.36. The molecule has 1 fully saturated rings. The molecule has 94 valence electrons. The Hall–Kier alpha value is -1.22. The summed E-state index contributed by atoms with van der Waals surface area (Å²) in [5.74, 6) is 1.85. The fraction of sp³-hybridized carbons (Fsp3) is 0.400. The largest absolute Gasteiger partial charge is 0.492 e. The molecule has 1 saturated carbocycles. The molecular formula is C15H17NOS. The van der Waals surface area contributed by atoms with Crippen molar-refractivity contribution in [2.75, 3.05) is 12.4 Å². The molecule has 1 aliphatic rings. The van der Waals surface area contributed by atoms with Crippen molar-refractivity contribution in [3.05, 3.63) is 36.5 Å². The summed E-state index contributed by atoms with van der Waals surface area (Å²) >= 11 is 4.46. The lowest BCUT2D eigenvalue weighted by Gasteiger charge is -2.40. The topological polar surface area (TPSA) is 22.1 Å². The van der Waals surface area contributed by atoms with Gasteiger partial charge < -0.3 is 4.74 Å². The standard InChI is InChI=1S/C15H17NOS/c18-11-15(7-3-8-15)10-17-14-6-1-5-13-12(14)4-2-9-16-13/h1-2,4-6,9,18H,3,7-8,10-11H2. The van der Waals surface area contributed by atoms with Crippen LogP contribution in [-0.2, 0) is 0 Å². The number of hydrogen-bond acceptors (Lipinski definition) is 3. The molecule has 18 heavy (non-hydrogen) atoms. The monoisotopic (exact) mass is 259 g/mol. The minimum atomic E-state index is 0.299. The zero-order valence-electron chi connectivity index (χ0n) is 10.3. The second-order valence-corrected chi connectivity index (χ2v) is 5.44. The smallest absolute Gasteiger partial charge is 0.128 e. The third kappa shape index (κ3) is 2.07. The number of benzene rings is 1. The predicted octanol–water partition coefficient (Wildman–Crippen LogP) is 3.71. The Morgan fingerprint density at radius 1 is 1.22 bits per heavy atom. The minimum absolute atomic E-state index is 0.299. The van der Waals surface area contributed by atoms with Crippen molar-refractivity contribution in [1.82, 2.24) is 4.98 Å². The Labute approximate surface area is 113 Å². The van der Waals surface area contributed by atoms with Gasteiger partial charge in [-0.15, -0.1) is 0 Å². The number of pyridine rings is 1. The van der Waals surface area contributed by atoms with Gasteiger partial charge in [-0.2, -0.15) is 12.6 Å². The SMILES string of the molecule is SCC1(COc2cccc3ncccc23)CCC1. The maximum Gasteiger partial charge on any atom is 0.128 e. The summed E-state index contributed by atoms with van der Waals surface area (Å²) in [6.45, 7) is 0.768. The first-order chi connectivity index (χ1) is 8.83. The van der Waals surface area contributed by atoms with Gasteiger partial charge in [-0.1, -0.05) is 12.5 Å². The highest BCUT2D eigenvalue weighted by molar-refractivity contribution is 7.80. The summed E-state index contributed by atoms with van der Waals surface area (Å²) in [5, 5.41) is 1.09. The Balaban J connectivity index is 1.82. The summed E-state index contributed by atoms with van der Waals surface area (Å²) < 4.78 is 6.03. The molecule has 0 N–H and O–H groups in total. The molecule has 0 atom stereocenters. The minimum Gasteiger partial charge on any atom is -0.492 e. The highest BCUT2D eigenvalue weighted by Crippen LogP contribution is 2.42. The van der Waals surface area contributed by atoms with E-state index in [1.54, 1.807) is 0 Å². The van der Waals surface area contributed by atoms with Gasteiger partial charge in [0.15, 0.2) is 0 Å². The van der Waals surface area contributed by atoms with Crippen molar-refractivity contribution in [2.45, 2.75) is 19.3 Å². The van der Waals surface area contributed by atoms with Crippen LogP contribution in [-0.4, -0.2) is 17.3 Å². The number of ether oxygens (including phenoxy) is 1. The van der Waals surface area contributed by atoms with E-state index >= 15 is 0 Å². The van der Waals surface area contributed by atoms with E-state index < -0.39 is 0 Å². The summed E-state index contributed by atoms with van der Waals surface area (Å²) in [6, 6.07) is 10.0. The molecule has 0 bridgehead atoms. The summed E-state index contributed by atoms with van der Waals surface area (Å²) in [6.07, 6.45) is 5.59. The molecule has 0 aliphatic heterocycles. The number of aromatic nitrogens is 1. The van der Waals surface area contributed by atoms with Crippen LogP contribution in [0.2, 0.25) is 0 Å². The van der Waals surface area contributed by atoms with Crippen LogP contribution >= 0.6 is 12.6 Å². The maximum atomic E-state index is 6.03. The molecule has 0 saturated heterocycles. The number of thiol groups is 1. The summed E-state index contributed by atoms with van der Waals surface area (Å²) in [4.78, 5) is 4.35. The van der Waals surface area contributed by atoms with Gasteiger partial charge in [-0.25, -0.2) is 0 Å². The van der Waals surface area contributed by atoms with Crippen LogP contribution in [0.15, 0.2) is 36.5 Å². The molecule has 1 aromatic carbocycles. The van der Waals surface area contributed by atoms with E-state index in [2.05, 4.69) is 23.7 Å². The van der Waals surface area contributed by atoms with Gasteiger partial charge in [0.05, 0.1) is 12.1 Å². The normalized spacial score (nSPS) is 17.4. The number of hydrogen-bond donors (Lipinski definition) is 1. The van der Waals surface area contributed by atoms with Gasteiger partial charge in [0.2, 0.25) is 0 Å². The van der Waals surface area contributed by atoms with Crippen molar-refractivity contribution in [3.8, 4) is 5.75 Å². The lowest BCUT2D eigenvalue weighted by Crippen LogP contribution is -2.37. The maximum absolute atomic E-state index is 6.03. The first-order valence-corrected chi connectivity index (χ1v) is 7.04. The van der Waals surface area contributed by atoms with Crippen LogP contribution in [0, 0.1) is 5.41 Å². The molecule has 1 aliphatic carbocycles. The summed E-state index contributed by atoms with van der Waals surface area (Å²) in [7, 11) is 0. The van der Waals surface area contributed by atoms with Crippen LogP contribution < -0.4 is 4.74 Å². The quantitative estimate of drug-likeness (QED) is 0.845. The van der Waals surface area contributed by atoms with E-state index in [9.17, 15) is 0 Å². The molecule has 1 heterocycles. The second kappa shape index (κ2) is 4.81. The second-order valence-electron chi connectivity index (χ2n) is 5.13. The van der Waals surface area contributed by atoms with E-state index in [1.165, 1.54) is 19.3 Å². The average molecular weight is 259 g/mol. The first-order valence-electron chi connectivity index (χ1n) is 6.40. The van der Waals surface area contributed by atoms with E-state index in [0.29, 0.717) is 5.41 Å². The van der Waals surface area contributed by atoms with E-state index in [4.69, 9.17) is 4.74 Å². The van der Waals surface area contributed by atoms with Crippen molar-refractivity contribution < 1.29 is 4.74 Å². The van der Waals surface area contributed by atoms with Gasteiger partial charge in [0.1, 0.15) is 5.75 Å². The van der Waals surface area contributed by atoms with E-state index in [1.807, 2.05) is 30.5 Å². The Morgan fingerprint density at radius 2 is 2.11 bits per heavy atom. The van der Waals surface area contributed by atoms with Crippen LogP contribution in [0.3, 0.4) is 0 Å². The molecule has 2 nitrogen and oxygen atoms in total. The zero-order valence-corrected chi connectivity index (χ0v) is 11.2. The van der Waals surface area contributed by atoms with Gasteiger partial charge in [-0.05, 0) is 42.9 Å². The number of fused-ring (bicyclic) bond motifs is 1. The highest BCUT2D eigenvalue weighted by atomic mass is 32.1. The van der Waals surface area contributed by atoms with Crippen molar-refractivity contribution in [1.29, 1.82) is 0 Å². The van der Waals surface area contributed by atoms with Crippen molar-refractivity contribution >= 4 is 23.5 Å². The van der Waals surface area contributed by atoms with Crippen LogP contribution in [0.4, 0.5) is 0 Å². The van der Waals surface area contributed by atoms with E-state index in [-0.39, 0.29) is 0 Å². The van der Waals surface area contributed by atoms with Crippen LogP contribution in [0.1, 0.15) is 19.3 Å². The van der Waals surface area contributed by atoms with Crippen LogP contribution in [0.5, 0.6) is 5.75 Å². The molecule has 0 radical (unpaired) electrons. The van der Waals surface area contributed by atoms with Crippen molar-refractivity contribution in [2.24, 2.45) is 5.41 Å². The Bertz CT molecular complexity index is 540.